The zero-order valence-electron chi connectivity index (χ0n) is 11.5. The van der Waals surface area contributed by atoms with Crippen LogP contribution in [0.25, 0.3) is 21.9 Å². The average molecular weight is 282 g/mol. The Morgan fingerprint density at radius 3 is 2.71 bits per heavy atom. The van der Waals surface area contributed by atoms with Gasteiger partial charge in [-0.2, -0.15) is 0 Å². The van der Waals surface area contributed by atoms with Gasteiger partial charge in [0, 0.05) is 0 Å². The van der Waals surface area contributed by atoms with Crippen molar-refractivity contribution in [1.29, 1.82) is 0 Å². The zero-order valence-corrected chi connectivity index (χ0v) is 11.5. The molecule has 1 aromatic heterocycles. The van der Waals surface area contributed by atoms with Gasteiger partial charge in [0.25, 0.3) is 0 Å². The van der Waals surface area contributed by atoms with Crippen molar-refractivity contribution < 1.29 is 13.9 Å². The molecular formula is C17H14O4. The number of para-hydroxylation sites is 1. The van der Waals surface area contributed by atoms with Gasteiger partial charge in [0.1, 0.15) is 34.5 Å². The van der Waals surface area contributed by atoms with Crippen molar-refractivity contribution in [3.8, 4) is 5.75 Å². The van der Waals surface area contributed by atoms with E-state index in [4.69, 9.17) is 13.9 Å². The summed E-state index contributed by atoms with van der Waals surface area (Å²) in [5.74, 6) is 0.551. The SMILES string of the molecule is CC(Oc1cccc2oc3ccccc3c(=O)c12)C1CO1. The quantitative estimate of drug-likeness (QED) is 0.547. The third-order valence-electron chi connectivity index (χ3n) is 3.76. The summed E-state index contributed by atoms with van der Waals surface area (Å²) in [6.07, 6.45) is 0.0363. The van der Waals surface area contributed by atoms with E-state index in [9.17, 15) is 4.79 Å². The molecule has 2 heterocycles. The highest BCUT2D eigenvalue weighted by Gasteiger charge is 2.31. The van der Waals surface area contributed by atoms with Gasteiger partial charge in [-0.3, -0.25) is 4.79 Å². The molecule has 1 saturated heterocycles. The topological polar surface area (TPSA) is 52.0 Å². The van der Waals surface area contributed by atoms with Gasteiger partial charge in [0.15, 0.2) is 0 Å². The summed E-state index contributed by atoms with van der Waals surface area (Å²) in [4.78, 5) is 12.7. The standard InChI is InChI=1S/C17H14O4/c1-10(15-9-19-15)20-13-7-4-8-14-16(13)17(18)11-5-2-3-6-12(11)21-14/h2-8,10,15H,9H2,1H3. The fourth-order valence-corrected chi connectivity index (χ4v) is 2.52. The number of hydrogen-bond acceptors (Lipinski definition) is 4. The van der Waals surface area contributed by atoms with E-state index in [1.165, 1.54) is 0 Å². The first-order valence-electron chi connectivity index (χ1n) is 6.97. The molecule has 21 heavy (non-hydrogen) atoms. The summed E-state index contributed by atoms with van der Waals surface area (Å²) in [5.41, 5.74) is 1.07. The van der Waals surface area contributed by atoms with Crippen molar-refractivity contribution >= 4 is 21.9 Å². The lowest BCUT2D eigenvalue weighted by molar-refractivity contribution is 0.178. The minimum atomic E-state index is -0.0820. The largest absolute Gasteiger partial charge is 0.487 e. The Morgan fingerprint density at radius 1 is 1.14 bits per heavy atom. The van der Waals surface area contributed by atoms with Crippen molar-refractivity contribution in [2.75, 3.05) is 6.61 Å². The summed E-state index contributed by atoms with van der Waals surface area (Å²) in [7, 11) is 0. The first-order valence-corrected chi connectivity index (χ1v) is 6.97. The second kappa shape index (κ2) is 4.60. The summed E-state index contributed by atoms with van der Waals surface area (Å²) in [5, 5.41) is 1.06. The molecule has 4 rings (SSSR count). The van der Waals surface area contributed by atoms with E-state index in [2.05, 4.69) is 0 Å². The van der Waals surface area contributed by atoms with Crippen LogP contribution in [0, 0.1) is 0 Å². The molecule has 1 fully saturated rings. The zero-order chi connectivity index (χ0) is 14.4. The summed E-state index contributed by atoms with van der Waals surface area (Å²) >= 11 is 0. The van der Waals surface area contributed by atoms with Gasteiger partial charge >= 0.3 is 0 Å². The Morgan fingerprint density at radius 2 is 1.90 bits per heavy atom. The van der Waals surface area contributed by atoms with Crippen molar-refractivity contribution in [2.45, 2.75) is 19.1 Å². The Kier molecular flexibility index (Phi) is 2.72. The first-order chi connectivity index (χ1) is 10.2. The van der Waals surface area contributed by atoms with Crippen LogP contribution in [0.2, 0.25) is 0 Å². The van der Waals surface area contributed by atoms with Gasteiger partial charge < -0.3 is 13.9 Å². The van der Waals surface area contributed by atoms with Crippen molar-refractivity contribution in [1.82, 2.24) is 0 Å². The Labute approximate surface area is 120 Å². The van der Waals surface area contributed by atoms with Crippen LogP contribution < -0.4 is 10.2 Å². The highest BCUT2D eigenvalue weighted by molar-refractivity contribution is 5.93. The molecule has 1 aliphatic heterocycles. The van der Waals surface area contributed by atoms with Crippen LogP contribution in [-0.4, -0.2) is 18.8 Å². The van der Waals surface area contributed by atoms with E-state index in [-0.39, 0.29) is 17.6 Å². The van der Waals surface area contributed by atoms with Gasteiger partial charge in [-0.15, -0.1) is 0 Å². The first kappa shape index (κ1) is 12.4. The molecule has 4 nitrogen and oxygen atoms in total. The molecule has 0 amide bonds. The molecule has 0 bridgehead atoms. The van der Waals surface area contributed by atoms with Crippen molar-refractivity contribution in [2.24, 2.45) is 0 Å². The molecular weight excluding hydrogens is 268 g/mol. The van der Waals surface area contributed by atoms with Gasteiger partial charge in [0.2, 0.25) is 5.43 Å². The lowest BCUT2D eigenvalue weighted by atomic mass is 10.1. The summed E-state index contributed by atoms with van der Waals surface area (Å²) in [6.45, 7) is 2.66. The average Bonchev–Trinajstić information content (AvgIpc) is 3.32. The predicted octanol–water partition coefficient (Wildman–Crippen LogP) is 3.11. The molecule has 0 aliphatic carbocycles. The van der Waals surface area contributed by atoms with Crippen LogP contribution in [-0.2, 0) is 4.74 Å². The number of fused-ring (bicyclic) bond motifs is 2. The number of ether oxygens (including phenoxy) is 2. The molecule has 106 valence electrons. The minimum absolute atomic E-state index is 0.0636. The second-order valence-corrected chi connectivity index (χ2v) is 5.25. The van der Waals surface area contributed by atoms with Crippen LogP contribution in [0.4, 0.5) is 0 Å². The molecule has 2 unspecified atom stereocenters. The minimum Gasteiger partial charge on any atom is -0.487 e. The number of epoxide rings is 1. The van der Waals surface area contributed by atoms with Crippen LogP contribution in [0.15, 0.2) is 51.7 Å². The van der Waals surface area contributed by atoms with E-state index >= 15 is 0 Å². The highest BCUT2D eigenvalue weighted by Crippen LogP contribution is 2.28. The molecule has 1 aliphatic rings. The van der Waals surface area contributed by atoms with Crippen LogP contribution >= 0.6 is 0 Å². The maximum Gasteiger partial charge on any atom is 0.204 e. The van der Waals surface area contributed by atoms with Gasteiger partial charge in [-0.1, -0.05) is 18.2 Å². The lowest BCUT2D eigenvalue weighted by Crippen LogP contribution is -2.19. The van der Waals surface area contributed by atoms with E-state index < -0.39 is 0 Å². The van der Waals surface area contributed by atoms with E-state index in [0.717, 1.165) is 0 Å². The third kappa shape index (κ3) is 2.08. The van der Waals surface area contributed by atoms with Crippen LogP contribution in [0.3, 0.4) is 0 Å². The lowest BCUT2D eigenvalue weighted by Gasteiger charge is -2.14. The van der Waals surface area contributed by atoms with Gasteiger partial charge in [0.05, 0.1) is 12.0 Å². The number of benzene rings is 2. The highest BCUT2D eigenvalue weighted by atomic mass is 16.6. The molecule has 0 N–H and O–H groups in total. The maximum absolute atomic E-state index is 12.7. The molecule has 0 radical (unpaired) electrons. The van der Waals surface area contributed by atoms with E-state index in [0.29, 0.717) is 34.3 Å². The van der Waals surface area contributed by atoms with Gasteiger partial charge in [-0.25, -0.2) is 0 Å². The van der Waals surface area contributed by atoms with Crippen LogP contribution in [0.1, 0.15) is 6.92 Å². The Hall–Kier alpha value is -2.33. The Balaban J connectivity index is 1.94. The fraction of sp³-hybridized carbons (Fsp3) is 0.235. The Bertz CT molecular complexity index is 877. The molecule has 0 spiro atoms. The normalized spacial score (nSPS) is 18.8. The second-order valence-electron chi connectivity index (χ2n) is 5.25. The van der Waals surface area contributed by atoms with Gasteiger partial charge in [-0.05, 0) is 31.2 Å². The smallest absolute Gasteiger partial charge is 0.204 e. The molecule has 2 atom stereocenters. The molecule has 3 aromatic rings. The van der Waals surface area contributed by atoms with Crippen LogP contribution in [0.5, 0.6) is 5.75 Å². The fourth-order valence-electron chi connectivity index (χ4n) is 2.52. The maximum atomic E-state index is 12.7. The number of rotatable bonds is 3. The summed E-state index contributed by atoms with van der Waals surface area (Å²) < 4.78 is 16.9. The number of hydrogen-bond donors (Lipinski definition) is 0. The van der Waals surface area contributed by atoms with E-state index in [1.54, 1.807) is 24.3 Å². The third-order valence-corrected chi connectivity index (χ3v) is 3.76. The summed E-state index contributed by atoms with van der Waals surface area (Å²) in [6, 6.07) is 12.7. The monoisotopic (exact) mass is 282 g/mol. The molecule has 2 aromatic carbocycles. The van der Waals surface area contributed by atoms with Crippen molar-refractivity contribution in [3.63, 3.8) is 0 Å². The molecule has 4 heteroatoms. The molecule has 0 saturated carbocycles. The van der Waals surface area contributed by atoms with Crippen molar-refractivity contribution in [3.05, 3.63) is 52.7 Å². The van der Waals surface area contributed by atoms with E-state index in [1.807, 2.05) is 25.1 Å². The predicted molar refractivity (Wildman–Crippen MR) is 79.8 cm³/mol.